The Kier molecular flexibility index (Phi) is 10.6. The summed E-state index contributed by atoms with van der Waals surface area (Å²) >= 11 is 0. The summed E-state index contributed by atoms with van der Waals surface area (Å²) in [6, 6.07) is 4.44. The number of ketones is 1. The lowest BCUT2D eigenvalue weighted by atomic mass is 10.1. The number of aromatic hydroxyl groups is 1. The van der Waals surface area contributed by atoms with Crippen molar-refractivity contribution in [2.45, 2.75) is 34.6 Å². The largest absolute Gasteiger partial charge is 0.508 e. The molecule has 0 amide bonds. The van der Waals surface area contributed by atoms with E-state index in [1.807, 2.05) is 27.7 Å². The van der Waals surface area contributed by atoms with E-state index >= 15 is 0 Å². The minimum absolute atomic E-state index is 0.0413. The molecule has 3 heteroatoms. The zero-order valence-corrected chi connectivity index (χ0v) is 11.0. The SMILES string of the molecule is CC.CC.COc1cc(O)cc(C(C)=O)c1. The summed E-state index contributed by atoms with van der Waals surface area (Å²) < 4.78 is 4.87. The number of phenolic OH excluding ortho intramolecular Hbond substituents is 1. The molecule has 0 aromatic heterocycles. The van der Waals surface area contributed by atoms with Crippen LogP contribution in [0.1, 0.15) is 45.0 Å². The summed E-state index contributed by atoms with van der Waals surface area (Å²) in [4.78, 5) is 10.9. The van der Waals surface area contributed by atoms with Gasteiger partial charge in [-0.1, -0.05) is 27.7 Å². The average Bonchev–Trinajstić information content (AvgIpc) is 2.33. The van der Waals surface area contributed by atoms with Crippen LogP contribution in [0.2, 0.25) is 0 Å². The van der Waals surface area contributed by atoms with E-state index in [2.05, 4.69) is 0 Å². The van der Waals surface area contributed by atoms with Crippen molar-refractivity contribution < 1.29 is 14.6 Å². The molecule has 0 bridgehead atoms. The van der Waals surface area contributed by atoms with Crippen molar-refractivity contribution >= 4 is 5.78 Å². The Labute approximate surface area is 98.1 Å². The number of hydrogen-bond acceptors (Lipinski definition) is 3. The van der Waals surface area contributed by atoms with Gasteiger partial charge in [-0.3, -0.25) is 4.79 Å². The molecule has 0 radical (unpaired) electrons. The third-order valence-electron chi connectivity index (χ3n) is 1.53. The van der Waals surface area contributed by atoms with Crippen LogP contribution in [0.4, 0.5) is 0 Å². The Morgan fingerprint density at radius 3 is 2.00 bits per heavy atom. The van der Waals surface area contributed by atoms with Crippen LogP contribution in [-0.4, -0.2) is 18.0 Å². The molecule has 0 aliphatic carbocycles. The van der Waals surface area contributed by atoms with Crippen LogP contribution in [0.15, 0.2) is 18.2 Å². The molecule has 1 rings (SSSR count). The van der Waals surface area contributed by atoms with Crippen LogP contribution < -0.4 is 4.74 Å². The van der Waals surface area contributed by atoms with Gasteiger partial charge < -0.3 is 9.84 Å². The summed E-state index contributed by atoms with van der Waals surface area (Å²) in [5.41, 5.74) is 0.451. The molecular weight excluding hydrogens is 204 g/mol. The first kappa shape index (κ1) is 16.9. The highest BCUT2D eigenvalue weighted by Crippen LogP contribution is 2.21. The van der Waals surface area contributed by atoms with Crippen molar-refractivity contribution in [3.05, 3.63) is 23.8 Å². The number of carbonyl (C=O) groups is 1. The van der Waals surface area contributed by atoms with Crippen LogP contribution in [0, 0.1) is 0 Å². The highest BCUT2D eigenvalue weighted by molar-refractivity contribution is 5.94. The molecule has 0 aliphatic heterocycles. The van der Waals surface area contributed by atoms with Crippen LogP contribution in [0.3, 0.4) is 0 Å². The molecule has 92 valence electrons. The van der Waals surface area contributed by atoms with E-state index in [-0.39, 0.29) is 11.5 Å². The van der Waals surface area contributed by atoms with Crippen molar-refractivity contribution in [3.63, 3.8) is 0 Å². The predicted octanol–water partition coefficient (Wildman–Crippen LogP) is 3.66. The molecule has 1 aromatic rings. The first-order valence-corrected chi connectivity index (χ1v) is 5.52. The first-order valence-electron chi connectivity index (χ1n) is 5.52. The number of carbonyl (C=O) groups excluding carboxylic acids is 1. The zero-order chi connectivity index (χ0) is 13.1. The molecular formula is C13H22O3. The van der Waals surface area contributed by atoms with Crippen molar-refractivity contribution in [1.82, 2.24) is 0 Å². The van der Waals surface area contributed by atoms with Gasteiger partial charge in [0.2, 0.25) is 0 Å². The molecule has 3 nitrogen and oxygen atoms in total. The number of benzene rings is 1. The number of Topliss-reactive ketones (excluding diaryl/α,β-unsaturated/α-hetero) is 1. The maximum Gasteiger partial charge on any atom is 0.160 e. The van der Waals surface area contributed by atoms with Gasteiger partial charge in [-0.25, -0.2) is 0 Å². The monoisotopic (exact) mass is 226 g/mol. The molecule has 0 spiro atoms. The molecule has 0 atom stereocenters. The normalized spacial score (nSPS) is 7.88. The van der Waals surface area contributed by atoms with E-state index in [0.29, 0.717) is 11.3 Å². The van der Waals surface area contributed by atoms with Crippen molar-refractivity contribution in [2.24, 2.45) is 0 Å². The summed E-state index contributed by atoms with van der Waals surface area (Å²) in [7, 11) is 1.48. The third kappa shape index (κ3) is 6.06. The van der Waals surface area contributed by atoms with Gasteiger partial charge in [0.1, 0.15) is 11.5 Å². The molecule has 0 saturated carbocycles. The summed E-state index contributed by atoms with van der Waals surface area (Å²) in [6.45, 7) is 9.44. The number of hydrogen-bond donors (Lipinski definition) is 1. The highest BCUT2D eigenvalue weighted by Gasteiger charge is 2.03. The third-order valence-corrected chi connectivity index (χ3v) is 1.53. The lowest BCUT2D eigenvalue weighted by Crippen LogP contribution is -1.92. The van der Waals surface area contributed by atoms with Crippen molar-refractivity contribution in [3.8, 4) is 11.5 Å². The van der Waals surface area contributed by atoms with E-state index in [1.54, 1.807) is 6.07 Å². The molecule has 1 N–H and O–H groups in total. The second kappa shape index (κ2) is 10.0. The molecule has 1 aromatic carbocycles. The lowest BCUT2D eigenvalue weighted by Gasteiger charge is -2.02. The average molecular weight is 226 g/mol. The van der Waals surface area contributed by atoms with Gasteiger partial charge in [0, 0.05) is 11.6 Å². The Hall–Kier alpha value is -1.51. The van der Waals surface area contributed by atoms with E-state index in [4.69, 9.17) is 9.84 Å². The van der Waals surface area contributed by atoms with Gasteiger partial charge >= 0.3 is 0 Å². The number of rotatable bonds is 2. The van der Waals surface area contributed by atoms with E-state index in [9.17, 15) is 4.79 Å². The maximum atomic E-state index is 10.9. The molecule has 0 unspecified atom stereocenters. The van der Waals surface area contributed by atoms with Gasteiger partial charge in [0.05, 0.1) is 7.11 Å². The lowest BCUT2D eigenvalue weighted by molar-refractivity contribution is 0.101. The Morgan fingerprint density at radius 1 is 1.12 bits per heavy atom. The summed E-state index contributed by atoms with van der Waals surface area (Å²) in [6.07, 6.45) is 0. The van der Waals surface area contributed by atoms with E-state index < -0.39 is 0 Å². The molecule has 0 heterocycles. The van der Waals surface area contributed by atoms with Crippen LogP contribution in [0.5, 0.6) is 11.5 Å². The second-order valence-electron chi connectivity index (χ2n) is 2.48. The van der Waals surface area contributed by atoms with Crippen LogP contribution in [0.25, 0.3) is 0 Å². The van der Waals surface area contributed by atoms with Crippen molar-refractivity contribution in [1.29, 1.82) is 0 Å². The van der Waals surface area contributed by atoms with E-state index in [0.717, 1.165) is 0 Å². The first-order chi connectivity index (χ1) is 7.63. The summed E-state index contributed by atoms with van der Waals surface area (Å²) in [5, 5.41) is 9.14. The Bertz CT molecular complexity index is 306. The van der Waals surface area contributed by atoms with Crippen LogP contribution >= 0.6 is 0 Å². The van der Waals surface area contributed by atoms with Crippen molar-refractivity contribution in [2.75, 3.05) is 7.11 Å². The van der Waals surface area contributed by atoms with E-state index in [1.165, 1.54) is 26.2 Å². The fraction of sp³-hybridized carbons (Fsp3) is 0.462. The molecule has 0 aliphatic rings. The van der Waals surface area contributed by atoms with Gasteiger partial charge in [0.15, 0.2) is 5.78 Å². The standard InChI is InChI=1S/C9H10O3.2C2H6/c1-6(10)7-3-8(11)5-9(4-7)12-2;2*1-2/h3-5,11H,1-2H3;2*1-2H3. The smallest absolute Gasteiger partial charge is 0.160 e. The minimum atomic E-state index is -0.0933. The fourth-order valence-electron chi connectivity index (χ4n) is 0.904. The zero-order valence-electron chi connectivity index (χ0n) is 11.0. The quantitative estimate of drug-likeness (QED) is 0.783. The minimum Gasteiger partial charge on any atom is -0.508 e. The summed E-state index contributed by atoms with van der Waals surface area (Å²) in [5.74, 6) is 0.434. The maximum absolute atomic E-state index is 10.9. The van der Waals surface area contributed by atoms with Crippen LogP contribution in [-0.2, 0) is 0 Å². The van der Waals surface area contributed by atoms with Gasteiger partial charge in [-0.15, -0.1) is 0 Å². The second-order valence-corrected chi connectivity index (χ2v) is 2.48. The Morgan fingerprint density at radius 2 is 1.62 bits per heavy atom. The molecule has 0 saturated heterocycles. The van der Waals surface area contributed by atoms with Gasteiger partial charge in [-0.05, 0) is 19.1 Å². The number of ether oxygens (including phenoxy) is 1. The molecule has 0 fully saturated rings. The van der Waals surface area contributed by atoms with Gasteiger partial charge in [-0.2, -0.15) is 0 Å². The topological polar surface area (TPSA) is 46.5 Å². The number of methoxy groups -OCH3 is 1. The highest BCUT2D eigenvalue weighted by atomic mass is 16.5. The predicted molar refractivity (Wildman–Crippen MR) is 67.4 cm³/mol. The molecule has 16 heavy (non-hydrogen) atoms. The van der Waals surface area contributed by atoms with Gasteiger partial charge in [0.25, 0.3) is 0 Å². The number of phenols is 1. The fourth-order valence-corrected chi connectivity index (χ4v) is 0.904. The Balaban J connectivity index is 0.